The third-order valence-corrected chi connectivity index (χ3v) is 7.54. The topological polar surface area (TPSA) is 64.9 Å². The van der Waals surface area contributed by atoms with Crippen LogP contribution in [0.15, 0.2) is 64.4 Å². The van der Waals surface area contributed by atoms with Crippen LogP contribution in [0.25, 0.3) is 0 Å². The van der Waals surface area contributed by atoms with Gasteiger partial charge in [-0.2, -0.15) is 16.4 Å². The molecule has 2 aromatic carbocycles. The molecule has 5 nitrogen and oxygen atoms in total. The van der Waals surface area contributed by atoms with Crippen LogP contribution in [0.2, 0.25) is 0 Å². The highest BCUT2D eigenvalue weighted by Crippen LogP contribution is 2.46. The van der Waals surface area contributed by atoms with Gasteiger partial charge in [0.25, 0.3) is 0 Å². The zero-order valence-corrected chi connectivity index (χ0v) is 21.8. The predicted molar refractivity (Wildman–Crippen MR) is 140 cm³/mol. The Kier molecular flexibility index (Phi) is 7.75. The summed E-state index contributed by atoms with van der Waals surface area (Å²) in [6.45, 7) is 5.96. The molecule has 0 fully saturated rings. The summed E-state index contributed by atoms with van der Waals surface area (Å²) in [7, 11) is 0. The van der Waals surface area contributed by atoms with Crippen LogP contribution in [-0.4, -0.2) is 35.4 Å². The monoisotopic (exact) mass is 529 g/mol. The number of rotatable bonds is 9. The Balaban J connectivity index is 1.78. The van der Waals surface area contributed by atoms with E-state index in [2.05, 4.69) is 5.32 Å². The summed E-state index contributed by atoms with van der Waals surface area (Å²) >= 11 is 1.45. The number of aliphatic hydroxyl groups excluding tert-OH is 1. The molecular weight excluding hydrogens is 499 g/mol. The smallest absolute Gasteiger partial charge is 0.248 e. The van der Waals surface area contributed by atoms with Crippen molar-refractivity contribution in [3.05, 3.63) is 87.9 Å². The lowest BCUT2D eigenvalue weighted by Gasteiger charge is -2.37. The first-order valence-electron chi connectivity index (χ1n) is 12.1. The highest BCUT2D eigenvalue weighted by molar-refractivity contribution is 7.08. The van der Waals surface area contributed by atoms with E-state index < -0.39 is 28.9 Å². The van der Waals surface area contributed by atoms with Gasteiger partial charge >= 0.3 is 0 Å². The molecule has 0 bridgehead atoms. The Morgan fingerprint density at radius 1 is 1.14 bits per heavy atom. The van der Waals surface area contributed by atoms with E-state index in [4.69, 9.17) is 5.10 Å². The highest BCUT2D eigenvalue weighted by atomic mass is 32.1. The highest BCUT2D eigenvalue weighted by Gasteiger charge is 2.55. The number of nitrogens with one attached hydrogen (secondary N) is 1. The fraction of sp³-hybridized carbons (Fsp3) is 0.357. The molecule has 1 aliphatic rings. The van der Waals surface area contributed by atoms with Crippen LogP contribution < -0.4 is 10.3 Å². The number of benzene rings is 2. The summed E-state index contributed by atoms with van der Waals surface area (Å²) in [6.07, 6.45) is 1.33. The van der Waals surface area contributed by atoms with E-state index in [1.54, 1.807) is 19.1 Å². The number of thiophene rings is 1. The molecule has 1 aliphatic heterocycles. The van der Waals surface area contributed by atoms with Gasteiger partial charge in [0, 0.05) is 19.2 Å². The van der Waals surface area contributed by atoms with Crippen LogP contribution in [0, 0.1) is 22.9 Å². The Morgan fingerprint density at radius 3 is 2.46 bits per heavy atom. The van der Waals surface area contributed by atoms with Gasteiger partial charge in [-0.1, -0.05) is 26.0 Å². The van der Waals surface area contributed by atoms with E-state index in [1.165, 1.54) is 34.5 Å². The van der Waals surface area contributed by atoms with Crippen LogP contribution in [0.4, 0.5) is 18.9 Å². The number of hydrogen-bond acceptors (Lipinski definition) is 5. The van der Waals surface area contributed by atoms with Gasteiger partial charge in [-0.25, -0.2) is 18.2 Å². The van der Waals surface area contributed by atoms with Crippen molar-refractivity contribution in [2.75, 3.05) is 18.2 Å². The first kappa shape index (κ1) is 26.9. The van der Waals surface area contributed by atoms with E-state index in [0.29, 0.717) is 30.7 Å². The number of halogens is 3. The van der Waals surface area contributed by atoms with Crippen molar-refractivity contribution in [3.8, 4) is 0 Å². The SMILES string of the molecule is CC(C)(CO)CCCNC(=O)C1(C)C(c2ccsc2)C(c2ccc(F)cc2)=NN1c1ccc(F)cc1F. The summed E-state index contributed by atoms with van der Waals surface area (Å²) < 4.78 is 42.6. The van der Waals surface area contributed by atoms with Crippen molar-refractivity contribution in [2.24, 2.45) is 10.5 Å². The Hall–Kier alpha value is -3.17. The maximum Gasteiger partial charge on any atom is 0.248 e. The lowest BCUT2D eigenvalue weighted by Crippen LogP contribution is -2.57. The summed E-state index contributed by atoms with van der Waals surface area (Å²) in [5.74, 6) is -3.01. The fourth-order valence-corrected chi connectivity index (χ4v) is 5.32. The average Bonchev–Trinajstić information content (AvgIpc) is 3.49. The van der Waals surface area contributed by atoms with E-state index in [9.17, 15) is 18.7 Å². The molecule has 196 valence electrons. The second-order valence-corrected chi connectivity index (χ2v) is 11.0. The molecule has 2 unspecified atom stereocenters. The van der Waals surface area contributed by atoms with Crippen molar-refractivity contribution < 1.29 is 23.1 Å². The lowest BCUT2D eigenvalue weighted by atomic mass is 9.76. The summed E-state index contributed by atoms with van der Waals surface area (Å²) in [4.78, 5) is 13.9. The van der Waals surface area contributed by atoms with Crippen molar-refractivity contribution in [3.63, 3.8) is 0 Å². The molecule has 3 aromatic rings. The number of hydrazone groups is 1. The lowest BCUT2D eigenvalue weighted by molar-refractivity contribution is -0.126. The molecule has 0 radical (unpaired) electrons. The van der Waals surface area contributed by atoms with Gasteiger partial charge in [-0.15, -0.1) is 0 Å². The molecule has 4 rings (SSSR count). The Bertz CT molecular complexity index is 1280. The zero-order valence-electron chi connectivity index (χ0n) is 21.0. The second kappa shape index (κ2) is 10.7. The molecule has 2 heterocycles. The molecule has 0 saturated carbocycles. The zero-order chi connectivity index (χ0) is 26.8. The number of hydrogen-bond donors (Lipinski definition) is 2. The fourth-order valence-electron chi connectivity index (χ4n) is 4.64. The number of anilines is 1. The number of carbonyl (C=O) groups excluding carboxylic acids is 1. The average molecular weight is 530 g/mol. The van der Waals surface area contributed by atoms with Gasteiger partial charge in [0.2, 0.25) is 5.91 Å². The van der Waals surface area contributed by atoms with Crippen molar-refractivity contribution in [1.82, 2.24) is 5.32 Å². The van der Waals surface area contributed by atoms with Gasteiger partial charge in [-0.05, 0) is 77.4 Å². The molecule has 1 aromatic heterocycles. The van der Waals surface area contributed by atoms with E-state index in [0.717, 1.165) is 17.7 Å². The number of carbonyl (C=O) groups is 1. The molecule has 2 N–H and O–H groups in total. The largest absolute Gasteiger partial charge is 0.396 e. The number of nitrogens with zero attached hydrogens (tertiary/aromatic N) is 2. The summed E-state index contributed by atoms with van der Waals surface area (Å²) in [6, 6.07) is 10.8. The summed E-state index contributed by atoms with van der Waals surface area (Å²) in [5, 5.41) is 22.3. The number of aliphatic hydroxyl groups is 1. The van der Waals surface area contributed by atoms with E-state index in [1.807, 2.05) is 30.7 Å². The summed E-state index contributed by atoms with van der Waals surface area (Å²) in [5.41, 5.74) is 0.127. The van der Waals surface area contributed by atoms with Crippen molar-refractivity contribution >= 4 is 28.6 Å². The van der Waals surface area contributed by atoms with Crippen LogP contribution >= 0.6 is 11.3 Å². The van der Waals surface area contributed by atoms with Gasteiger partial charge in [0.15, 0.2) is 11.4 Å². The van der Waals surface area contributed by atoms with Crippen LogP contribution in [0.1, 0.15) is 50.7 Å². The van der Waals surface area contributed by atoms with Gasteiger partial charge < -0.3 is 10.4 Å². The molecule has 0 spiro atoms. The molecule has 0 aliphatic carbocycles. The maximum atomic E-state index is 15.1. The van der Waals surface area contributed by atoms with Crippen molar-refractivity contribution in [2.45, 2.75) is 45.1 Å². The molecule has 0 saturated heterocycles. The first-order chi connectivity index (χ1) is 17.6. The van der Waals surface area contributed by atoms with Crippen molar-refractivity contribution in [1.29, 1.82) is 0 Å². The number of amides is 1. The predicted octanol–water partition coefficient (Wildman–Crippen LogP) is 5.85. The second-order valence-electron chi connectivity index (χ2n) is 10.2. The molecular formula is C28H30F3N3O2S. The third kappa shape index (κ3) is 5.43. The minimum Gasteiger partial charge on any atom is -0.396 e. The quantitative estimate of drug-likeness (QED) is 0.342. The first-order valence-corrected chi connectivity index (χ1v) is 13.0. The minimum atomic E-state index is -1.42. The minimum absolute atomic E-state index is 0.0331. The van der Waals surface area contributed by atoms with Gasteiger partial charge in [0.1, 0.15) is 11.6 Å². The van der Waals surface area contributed by atoms with Gasteiger partial charge in [0.05, 0.1) is 17.3 Å². The third-order valence-electron chi connectivity index (χ3n) is 6.84. The molecule has 1 amide bonds. The van der Waals surface area contributed by atoms with Gasteiger partial charge in [-0.3, -0.25) is 4.79 Å². The van der Waals surface area contributed by atoms with E-state index in [-0.39, 0.29) is 23.6 Å². The Morgan fingerprint density at radius 2 is 1.84 bits per heavy atom. The molecule has 2 atom stereocenters. The van der Waals surface area contributed by atoms with Crippen LogP contribution in [-0.2, 0) is 4.79 Å². The van der Waals surface area contributed by atoms with Crippen LogP contribution in [0.3, 0.4) is 0 Å². The molecule has 9 heteroatoms. The normalized spacial score (nSPS) is 19.7. The van der Waals surface area contributed by atoms with E-state index >= 15 is 4.39 Å². The maximum absolute atomic E-state index is 15.1. The molecule has 37 heavy (non-hydrogen) atoms. The Labute approximate surface area is 218 Å². The standard InChI is InChI=1S/C28H30F3N3O2S/c1-27(2,17-35)12-4-13-32-26(36)28(3)24(19-11-14-37-16-19)25(18-5-7-20(29)8-6-18)33-34(28)23-10-9-21(30)15-22(23)31/h5-11,14-16,24,35H,4,12-13,17H2,1-3H3,(H,32,36). The van der Waals surface area contributed by atoms with Crippen LogP contribution in [0.5, 0.6) is 0 Å².